The van der Waals surface area contributed by atoms with Gasteiger partial charge in [0.1, 0.15) is 5.69 Å². The van der Waals surface area contributed by atoms with Crippen molar-refractivity contribution in [2.75, 3.05) is 5.32 Å². The maximum Gasteiger partial charge on any atom is 0.307 e. The number of benzene rings is 1. The van der Waals surface area contributed by atoms with Crippen molar-refractivity contribution in [1.82, 2.24) is 9.78 Å². The number of nitrogens with one attached hydrogen (secondary N) is 1. The van der Waals surface area contributed by atoms with Crippen molar-refractivity contribution in [3.63, 3.8) is 0 Å². The van der Waals surface area contributed by atoms with Crippen LogP contribution in [0.15, 0.2) is 36.5 Å². The Labute approximate surface area is 134 Å². The molecule has 2 aromatic rings. The molecule has 3 rings (SSSR count). The van der Waals surface area contributed by atoms with Crippen molar-refractivity contribution in [2.45, 2.75) is 32.2 Å². The summed E-state index contributed by atoms with van der Waals surface area (Å²) in [6.07, 6.45) is 5.21. The monoisotopic (exact) mass is 313 g/mol. The Morgan fingerprint density at radius 1 is 1.30 bits per heavy atom. The van der Waals surface area contributed by atoms with E-state index < -0.39 is 5.97 Å². The molecule has 6 heteroatoms. The molecule has 6 nitrogen and oxygen atoms in total. The summed E-state index contributed by atoms with van der Waals surface area (Å²) in [6.45, 7) is 0.773. The lowest BCUT2D eigenvalue weighted by Crippen LogP contribution is -2.23. The first-order valence-corrected chi connectivity index (χ1v) is 7.76. The molecular weight excluding hydrogens is 294 g/mol. The Balaban J connectivity index is 1.69. The number of carbonyl (C=O) groups is 2. The lowest BCUT2D eigenvalue weighted by molar-refractivity contribution is -0.136. The summed E-state index contributed by atoms with van der Waals surface area (Å²) in [5, 5.41) is 15.9. The van der Waals surface area contributed by atoms with E-state index >= 15 is 0 Å². The summed E-state index contributed by atoms with van der Waals surface area (Å²) >= 11 is 0. The Bertz CT molecular complexity index is 719. The Hall–Kier alpha value is -2.63. The Morgan fingerprint density at radius 3 is 2.83 bits per heavy atom. The number of nitrogens with zero attached hydrogens (tertiary/aromatic N) is 2. The quantitative estimate of drug-likeness (QED) is 0.858. The molecule has 1 aromatic carbocycles. The maximum atomic E-state index is 12.4. The number of amides is 1. The molecule has 1 heterocycles. The van der Waals surface area contributed by atoms with Crippen LogP contribution in [0.2, 0.25) is 0 Å². The van der Waals surface area contributed by atoms with Gasteiger partial charge in [-0.2, -0.15) is 5.10 Å². The molecule has 1 fully saturated rings. The number of hydrogen-bond donors (Lipinski definition) is 2. The van der Waals surface area contributed by atoms with Gasteiger partial charge in [0.2, 0.25) is 0 Å². The molecule has 1 saturated carbocycles. The number of hydrogen-bond acceptors (Lipinski definition) is 3. The summed E-state index contributed by atoms with van der Waals surface area (Å²) < 4.78 is 1.75. The van der Waals surface area contributed by atoms with E-state index in [1.165, 1.54) is 19.3 Å². The standard InChI is InChI=1S/C17H19N3O3/c21-16(22)10-13-5-2-6-14(9-13)19-17(23)15-7-8-18-20(15)11-12-3-1-4-12/h2,5-9,12H,1,3-4,10-11H2,(H,19,23)(H,21,22). The minimum Gasteiger partial charge on any atom is -0.481 e. The van der Waals surface area contributed by atoms with Crippen LogP contribution in [0.5, 0.6) is 0 Å². The van der Waals surface area contributed by atoms with E-state index in [1.807, 2.05) is 0 Å². The fraction of sp³-hybridized carbons (Fsp3) is 0.353. The van der Waals surface area contributed by atoms with Crippen LogP contribution >= 0.6 is 0 Å². The van der Waals surface area contributed by atoms with Gasteiger partial charge in [0, 0.05) is 18.4 Å². The SMILES string of the molecule is O=C(O)Cc1cccc(NC(=O)c2ccnn2CC2CCC2)c1. The van der Waals surface area contributed by atoms with Crippen LogP contribution in [-0.2, 0) is 17.8 Å². The molecule has 0 unspecified atom stereocenters. The van der Waals surface area contributed by atoms with Crippen molar-refractivity contribution in [2.24, 2.45) is 5.92 Å². The molecule has 2 N–H and O–H groups in total. The Morgan fingerprint density at radius 2 is 2.13 bits per heavy atom. The highest BCUT2D eigenvalue weighted by Crippen LogP contribution is 2.28. The molecule has 23 heavy (non-hydrogen) atoms. The third kappa shape index (κ3) is 3.77. The number of carboxylic acids is 1. The molecule has 0 bridgehead atoms. The first-order chi connectivity index (χ1) is 11.1. The molecule has 1 aromatic heterocycles. The largest absolute Gasteiger partial charge is 0.481 e. The van der Waals surface area contributed by atoms with Gasteiger partial charge in [-0.05, 0) is 42.5 Å². The normalized spacial score (nSPS) is 14.3. The number of carbonyl (C=O) groups excluding carboxylic acids is 1. The smallest absolute Gasteiger partial charge is 0.307 e. The predicted molar refractivity (Wildman–Crippen MR) is 85.3 cm³/mol. The van der Waals surface area contributed by atoms with Gasteiger partial charge in [0.15, 0.2) is 0 Å². The van der Waals surface area contributed by atoms with Crippen molar-refractivity contribution < 1.29 is 14.7 Å². The molecule has 1 amide bonds. The van der Waals surface area contributed by atoms with E-state index in [-0.39, 0.29) is 12.3 Å². The summed E-state index contributed by atoms with van der Waals surface area (Å²) in [5.74, 6) is -0.512. The van der Waals surface area contributed by atoms with Crippen LogP contribution in [0, 0.1) is 5.92 Å². The Kier molecular flexibility index (Phi) is 4.41. The van der Waals surface area contributed by atoms with Gasteiger partial charge in [-0.25, -0.2) is 0 Å². The van der Waals surface area contributed by atoms with Crippen LogP contribution in [0.4, 0.5) is 5.69 Å². The van der Waals surface area contributed by atoms with Gasteiger partial charge in [0.05, 0.1) is 6.42 Å². The molecule has 120 valence electrons. The van der Waals surface area contributed by atoms with Gasteiger partial charge >= 0.3 is 5.97 Å². The minimum atomic E-state index is -0.896. The number of aromatic nitrogens is 2. The molecule has 1 aliphatic carbocycles. The second kappa shape index (κ2) is 6.64. The lowest BCUT2D eigenvalue weighted by Gasteiger charge is -2.25. The van der Waals surface area contributed by atoms with E-state index in [2.05, 4.69) is 10.4 Å². The first-order valence-electron chi connectivity index (χ1n) is 7.76. The summed E-state index contributed by atoms with van der Waals surface area (Å²) in [5.41, 5.74) is 1.77. The highest BCUT2D eigenvalue weighted by molar-refractivity contribution is 6.03. The number of carboxylic acid groups (broad SMARTS) is 1. The van der Waals surface area contributed by atoms with Gasteiger partial charge in [-0.15, -0.1) is 0 Å². The summed E-state index contributed by atoms with van der Waals surface area (Å²) in [7, 11) is 0. The first kappa shape index (κ1) is 15.3. The van der Waals surface area contributed by atoms with Crippen LogP contribution < -0.4 is 5.32 Å². The van der Waals surface area contributed by atoms with E-state index in [9.17, 15) is 9.59 Å². The van der Waals surface area contributed by atoms with Crippen LogP contribution in [0.25, 0.3) is 0 Å². The summed E-state index contributed by atoms with van der Waals surface area (Å²) in [6, 6.07) is 8.59. The zero-order valence-corrected chi connectivity index (χ0v) is 12.7. The molecule has 0 aliphatic heterocycles. The molecule has 1 aliphatic rings. The van der Waals surface area contributed by atoms with Crippen molar-refractivity contribution in [3.8, 4) is 0 Å². The molecule has 0 atom stereocenters. The fourth-order valence-corrected chi connectivity index (χ4v) is 2.72. The molecule has 0 spiro atoms. The van der Waals surface area contributed by atoms with E-state index in [4.69, 9.17) is 5.11 Å². The van der Waals surface area contributed by atoms with Crippen LogP contribution in [0.1, 0.15) is 35.3 Å². The topological polar surface area (TPSA) is 84.2 Å². The number of aliphatic carboxylic acids is 1. The minimum absolute atomic E-state index is 0.0661. The lowest BCUT2D eigenvalue weighted by atomic mass is 9.85. The van der Waals surface area contributed by atoms with Gasteiger partial charge in [0.25, 0.3) is 5.91 Å². The third-order valence-electron chi connectivity index (χ3n) is 4.15. The highest BCUT2D eigenvalue weighted by atomic mass is 16.4. The number of rotatable bonds is 6. The van der Waals surface area contributed by atoms with E-state index in [0.717, 1.165) is 6.54 Å². The molecular formula is C17H19N3O3. The highest BCUT2D eigenvalue weighted by Gasteiger charge is 2.21. The summed E-state index contributed by atoms with van der Waals surface area (Å²) in [4.78, 5) is 23.2. The van der Waals surface area contributed by atoms with E-state index in [1.54, 1.807) is 41.2 Å². The third-order valence-corrected chi connectivity index (χ3v) is 4.15. The van der Waals surface area contributed by atoms with Crippen molar-refractivity contribution in [3.05, 3.63) is 47.8 Å². The predicted octanol–water partition coefficient (Wildman–Crippen LogP) is 2.56. The molecule has 0 saturated heterocycles. The van der Waals surface area contributed by atoms with Crippen LogP contribution in [0.3, 0.4) is 0 Å². The van der Waals surface area contributed by atoms with Gasteiger partial charge in [-0.3, -0.25) is 14.3 Å². The van der Waals surface area contributed by atoms with Gasteiger partial charge in [-0.1, -0.05) is 18.6 Å². The van der Waals surface area contributed by atoms with E-state index in [0.29, 0.717) is 22.9 Å². The fourth-order valence-electron chi connectivity index (χ4n) is 2.72. The van der Waals surface area contributed by atoms with Crippen molar-refractivity contribution >= 4 is 17.6 Å². The second-order valence-electron chi connectivity index (χ2n) is 5.92. The zero-order chi connectivity index (χ0) is 16.2. The van der Waals surface area contributed by atoms with Gasteiger partial charge < -0.3 is 10.4 Å². The second-order valence-corrected chi connectivity index (χ2v) is 5.92. The zero-order valence-electron chi connectivity index (χ0n) is 12.7. The average Bonchev–Trinajstić information content (AvgIpc) is 2.91. The molecule has 0 radical (unpaired) electrons. The van der Waals surface area contributed by atoms with Crippen LogP contribution in [-0.4, -0.2) is 26.8 Å². The van der Waals surface area contributed by atoms with Crippen molar-refractivity contribution in [1.29, 1.82) is 0 Å². The average molecular weight is 313 g/mol. The number of anilines is 1. The maximum absolute atomic E-state index is 12.4.